The summed E-state index contributed by atoms with van der Waals surface area (Å²) in [5.74, 6) is 0.278. The van der Waals surface area contributed by atoms with E-state index in [0.717, 1.165) is 62.3 Å². The number of nitrogens with one attached hydrogen (secondary N) is 1. The van der Waals surface area contributed by atoms with E-state index in [0.29, 0.717) is 0 Å². The number of nitrogens with zero attached hydrogens (tertiary/aromatic N) is 1. The summed E-state index contributed by atoms with van der Waals surface area (Å²) < 4.78 is 0. The maximum Gasteiger partial charge on any atom is 0.223 e. The molecular weight excluding hydrogens is 381 g/mol. The molecule has 3 rings (SSSR count). The van der Waals surface area contributed by atoms with Gasteiger partial charge in [0.15, 0.2) is 0 Å². The normalized spacial score (nSPS) is 26.2. The van der Waals surface area contributed by atoms with E-state index >= 15 is 0 Å². The maximum absolute atomic E-state index is 12.5. The molecule has 0 radical (unpaired) electrons. The van der Waals surface area contributed by atoms with Crippen molar-refractivity contribution in [3.8, 4) is 0 Å². The molecule has 1 aromatic carbocycles. The first-order chi connectivity index (χ1) is 11.1. The summed E-state index contributed by atoms with van der Waals surface area (Å²) in [7, 11) is 0. The smallest absolute Gasteiger partial charge is 0.223 e. The fourth-order valence-corrected chi connectivity index (χ4v) is 4.06. The lowest BCUT2D eigenvalue weighted by atomic mass is 9.85. The van der Waals surface area contributed by atoms with Crippen LogP contribution < -0.4 is 16.0 Å². The summed E-state index contributed by atoms with van der Waals surface area (Å²) in [5, 5.41) is 4.02. The van der Waals surface area contributed by atoms with Gasteiger partial charge in [-0.25, -0.2) is 0 Å². The van der Waals surface area contributed by atoms with E-state index in [9.17, 15) is 4.79 Å². The second kappa shape index (κ2) is 10.5. The zero-order valence-electron chi connectivity index (χ0n) is 14.3. The van der Waals surface area contributed by atoms with Gasteiger partial charge in [-0.1, -0.05) is 30.2 Å². The number of hydrogen-bond donors (Lipinski definition) is 2. The fourth-order valence-electron chi connectivity index (χ4n) is 3.81. The lowest BCUT2D eigenvalue weighted by molar-refractivity contribution is -0.126. The topological polar surface area (TPSA) is 58.4 Å². The molecule has 2 aliphatic rings. The second-order valence-electron chi connectivity index (χ2n) is 6.87. The monoisotopic (exact) mass is 407 g/mol. The van der Waals surface area contributed by atoms with E-state index in [1.807, 2.05) is 24.3 Å². The Labute approximate surface area is 167 Å². The average Bonchev–Trinajstić information content (AvgIpc) is 2.55. The molecule has 142 valence electrons. The number of benzene rings is 1. The Morgan fingerprint density at radius 2 is 1.92 bits per heavy atom. The zero-order chi connectivity index (χ0) is 16.2. The van der Waals surface area contributed by atoms with Crippen LogP contribution in [0.1, 0.15) is 38.5 Å². The second-order valence-corrected chi connectivity index (χ2v) is 7.28. The van der Waals surface area contributed by atoms with Crippen LogP contribution in [-0.4, -0.2) is 31.1 Å². The van der Waals surface area contributed by atoms with Gasteiger partial charge in [-0.2, -0.15) is 0 Å². The number of nitrogens with two attached hydrogens (primary N) is 1. The number of hydrogen-bond acceptors (Lipinski definition) is 3. The van der Waals surface area contributed by atoms with E-state index in [1.165, 1.54) is 0 Å². The largest absolute Gasteiger partial charge is 0.368 e. The van der Waals surface area contributed by atoms with Crippen LogP contribution in [0.5, 0.6) is 0 Å². The molecule has 0 bridgehead atoms. The average molecular weight is 409 g/mol. The number of halogens is 3. The van der Waals surface area contributed by atoms with Crippen LogP contribution in [0, 0.1) is 5.92 Å². The molecule has 4 nitrogen and oxygen atoms in total. The first-order valence-electron chi connectivity index (χ1n) is 8.69. The molecule has 2 fully saturated rings. The van der Waals surface area contributed by atoms with Crippen molar-refractivity contribution in [3.63, 3.8) is 0 Å². The summed E-state index contributed by atoms with van der Waals surface area (Å²) in [6, 6.07) is 8.31. The van der Waals surface area contributed by atoms with E-state index in [1.54, 1.807) is 0 Å². The number of anilines is 1. The summed E-state index contributed by atoms with van der Waals surface area (Å²) >= 11 is 6.31. The van der Waals surface area contributed by atoms with Crippen molar-refractivity contribution < 1.29 is 4.79 Å². The van der Waals surface area contributed by atoms with Crippen molar-refractivity contribution >= 4 is 48.0 Å². The molecule has 3 unspecified atom stereocenters. The fraction of sp³-hybridized carbons (Fsp3) is 0.611. The van der Waals surface area contributed by atoms with Gasteiger partial charge in [0.1, 0.15) is 0 Å². The molecule has 1 aromatic rings. The molecular formula is C18H28Cl3N3O. The molecule has 1 amide bonds. The van der Waals surface area contributed by atoms with Crippen molar-refractivity contribution in [1.82, 2.24) is 5.32 Å². The highest BCUT2D eigenvalue weighted by Crippen LogP contribution is 2.28. The van der Waals surface area contributed by atoms with Crippen molar-refractivity contribution in [1.29, 1.82) is 0 Å². The number of rotatable bonds is 3. The van der Waals surface area contributed by atoms with E-state index in [2.05, 4.69) is 10.2 Å². The SMILES string of the molecule is Cl.Cl.NC1CCCC(C(=O)NC2CCCN(c3ccccc3Cl)C2)C1. The van der Waals surface area contributed by atoms with Crippen LogP contribution in [0.3, 0.4) is 0 Å². The standard InChI is InChI=1S/C18H26ClN3O.2ClH/c19-16-8-1-2-9-17(16)22-10-4-7-15(12-22)21-18(23)13-5-3-6-14(20)11-13;;/h1-2,8-9,13-15H,3-7,10-12,20H2,(H,21,23);2*1H. The lowest BCUT2D eigenvalue weighted by Crippen LogP contribution is -2.50. The minimum atomic E-state index is 0. The summed E-state index contributed by atoms with van der Waals surface area (Å²) in [6.07, 6.45) is 6.02. The van der Waals surface area contributed by atoms with Crippen LogP contribution in [0.4, 0.5) is 5.69 Å². The van der Waals surface area contributed by atoms with Gasteiger partial charge in [0.05, 0.1) is 10.7 Å². The van der Waals surface area contributed by atoms with Gasteiger partial charge in [-0.05, 0) is 44.2 Å². The number of para-hydroxylation sites is 1. The number of carbonyl (C=O) groups is 1. The van der Waals surface area contributed by atoms with Crippen molar-refractivity contribution in [3.05, 3.63) is 29.3 Å². The first-order valence-corrected chi connectivity index (χ1v) is 9.06. The molecule has 1 aliphatic heterocycles. The predicted molar refractivity (Wildman–Crippen MR) is 109 cm³/mol. The number of carbonyl (C=O) groups excluding carboxylic acids is 1. The summed E-state index contributed by atoms with van der Waals surface area (Å²) in [4.78, 5) is 14.8. The minimum absolute atomic E-state index is 0. The molecule has 7 heteroatoms. The Morgan fingerprint density at radius 3 is 2.64 bits per heavy atom. The number of piperidine rings is 1. The minimum Gasteiger partial charge on any atom is -0.368 e. The third-order valence-corrected chi connectivity index (χ3v) is 5.37. The Balaban J connectivity index is 0.00000156. The molecule has 0 spiro atoms. The highest BCUT2D eigenvalue weighted by molar-refractivity contribution is 6.33. The van der Waals surface area contributed by atoms with Gasteiger partial charge in [0, 0.05) is 31.1 Å². The van der Waals surface area contributed by atoms with E-state index in [-0.39, 0.29) is 48.7 Å². The van der Waals surface area contributed by atoms with Crippen molar-refractivity contribution in [2.24, 2.45) is 11.7 Å². The molecule has 1 heterocycles. The van der Waals surface area contributed by atoms with Crippen LogP contribution in [0.25, 0.3) is 0 Å². The van der Waals surface area contributed by atoms with Crippen LogP contribution in [-0.2, 0) is 4.79 Å². The van der Waals surface area contributed by atoms with E-state index < -0.39 is 0 Å². The lowest BCUT2D eigenvalue weighted by Gasteiger charge is -2.36. The third-order valence-electron chi connectivity index (χ3n) is 5.05. The molecule has 25 heavy (non-hydrogen) atoms. The quantitative estimate of drug-likeness (QED) is 0.800. The zero-order valence-corrected chi connectivity index (χ0v) is 16.7. The molecule has 1 aliphatic carbocycles. The summed E-state index contributed by atoms with van der Waals surface area (Å²) in [5.41, 5.74) is 7.07. The third kappa shape index (κ3) is 5.92. The first kappa shape index (κ1) is 22.4. The van der Waals surface area contributed by atoms with Crippen molar-refractivity contribution in [2.45, 2.75) is 50.6 Å². The molecule has 3 N–H and O–H groups in total. The molecule has 0 aromatic heterocycles. The highest BCUT2D eigenvalue weighted by Gasteiger charge is 2.28. The van der Waals surface area contributed by atoms with Crippen LogP contribution in [0.2, 0.25) is 5.02 Å². The Bertz CT molecular complexity index is 558. The van der Waals surface area contributed by atoms with Gasteiger partial charge in [0.2, 0.25) is 5.91 Å². The van der Waals surface area contributed by atoms with E-state index in [4.69, 9.17) is 17.3 Å². The van der Waals surface area contributed by atoms with Gasteiger partial charge in [-0.15, -0.1) is 24.8 Å². The van der Waals surface area contributed by atoms with Crippen molar-refractivity contribution in [2.75, 3.05) is 18.0 Å². The molecule has 1 saturated carbocycles. The van der Waals surface area contributed by atoms with Crippen LogP contribution >= 0.6 is 36.4 Å². The summed E-state index contributed by atoms with van der Waals surface area (Å²) in [6.45, 7) is 1.82. The van der Waals surface area contributed by atoms with Gasteiger partial charge in [-0.3, -0.25) is 4.79 Å². The number of amides is 1. The van der Waals surface area contributed by atoms with Crippen LogP contribution in [0.15, 0.2) is 24.3 Å². The van der Waals surface area contributed by atoms with Gasteiger partial charge in [0.25, 0.3) is 0 Å². The maximum atomic E-state index is 12.5. The Morgan fingerprint density at radius 1 is 1.16 bits per heavy atom. The molecule has 3 atom stereocenters. The van der Waals surface area contributed by atoms with Gasteiger partial charge < -0.3 is 16.0 Å². The predicted octanol–water partition coefficient (Wildman–Crippen LogP) is 3.79. The Kier molecular flexibility index (Phi) is 9.36. The van der Waals surface area contributed by atoms with Gasteiger partial charge >= 0.3 is 0 Å². The Hall–Kier alpha value is -0.680. The molecule has 1 saturated heterocycles. The highest BCUT2D eigenvalue weighted by atomic mass is 35.5.